The first kappa shape index (κ1) is 60.7. The molecule has 2 fully saturated rings. The average molecular weight is 1050 g/mol. The molecule has 24 nitrogen and oxygen atoms in total. The van der Waals surface area contributed by atoms with Gasteiger partial charge in [-0.05, 0) is 26.3 Å². The van der Waals surface area contributed by atoms with Gasteiger partial charge in [0.2, 0.25) is 0 Å². The molecule has 0 amide bonds. The van der Waals surface area contributed by atoms with Crippen molar-refractivity contribution in [3.63, 3.8) is 0 Å². The fourth-order valence-corrected chi connectivity index (χ4v) is 6.62. The molecule has 25 heteroatoms. The summed E-state index contributed by atoms with van der Waals surface area (Å²) in [6.45, 7) is 4.31. The maximum absolute atomic E-state index is 11.4. The standard InChI is InChI=1S/C25H48N4O9.C13H23N4O7.Gd/c1-21(22(31)9-7-5-3-2-4-6-8-16-30)28-13-12-26(17-23(32)33)10-11-27(18-24(34)35)20-38-29(15-14-28)19-25(36)37;18-11(19)7-15-3-1-14-2-4-17(9-13(22)23)24-10-16(6-5-15)8-12(20)21;/h21-22,30-31H,2-20H2,1H3,(H,32,33)(H,34,35)(H,36,37);1-10H2,(H,18,19)(H,20,21)(H,22,23);/q;-1;. The van der Waals surface area contributed by atoms with E-state index >= 15 is 0 Å². The number of aliphatic hydroxyl groups is 2. The molecule has 2 unspecified atom stereocenters. The van der Waals surface area contributed by atoms with Crippen LogP contribution in [-0.4, -0.2) is 261 Å². The minimum atomic E-state index is -1.08. The van der Waals surface area contributed by atoms with E-state index in [0.717, 1.165) is 44.9 Å². The quantitative estimate of drug-likeness (QED) is 0.0548. The predicted octanol–water partition coefficient (Wildman–Crippen LogP) is -1.36. The first-order valence-corrected chi connectivity index (χ1v) is 21.1. The van der Waals surface area contributed by atoms with Gasteiger partial charge in [-0.3, -0.25) is 62.9 Å². The number of carboxylic acids is 6. The van der Waals surface area contributed by atoms with Crippen LogP contribution in [-0.2, 0) is 38.4 Å². The van der Waals surface area contributed by atoms with Gasteiger partial charge in [0.15, 0.2) is 0 Å². The van der Waals surface area contributed by atoms with Crippen molar-refractivity contribution in [3.8, 4) is 0 Å². The summed E-state index contributed by atoms with van der Waals surface area (Å²) in [4.78, 5) is 86.1. The third kappa shape index (κ3) is 32.9. The first-order valence-electron chi connectivity index (χ1n) is 21.1. The molecule has 0 aromatic carbocycles. The summed E-state index contributed by atoms with van der Waals surface area (Å²) in [6.07, 6.45) is 7.11. The average Bonchev–Trinajstić information content (AvgIpc) is 3.17. The zero-order valence-corrected chi connectivity index (χ0v) is 38.7. The molecule has 2 heterocycles. The van der Waals surface area contributed by atoms with E-state index in [0.29, 0.717) is 58.8 Å². The number of hydrogen-bond donors (Lipinski definition) is 8. The maximum atomic E-state index is 11.4. The van der Waals surface area contributed by atoms with Gasteiger partial charge in [-0.2, -0.15) is 10.1 Å². The molecule has 0 aliphatic carbocycles. The Morgan fingerprint density at radius 3 is 1.33 bits per heavy atom. The van der Waals surface area contributed by atoms with Crippen molar-refractivity contribution in [2.24, 2.45) is 0 Å². The van der Waals surface area contributed by atoms with E-state index in [1.165, 1.54) is 19.9 Å². The number of aliphatic carboxylic acids is 6. The largest absolute Gasteiger partial charge is 0.660 e. The summed E-state index contributed by atoms with van der Waals surface area (Å²) in [5.41, 5.74) is 0. The van der Waals surface area contributed by atoms with Gasteiger partial charge in [-0.1, -0.05) is 38.5 Å². The molecule has 8 N–H and O–H groups in total. The van der Waals surface area contributed by atoms with E-state index in [-0.39, 0.29) is 131 Å². The second-order valence-electron chi connectivity index (χ2n) is 15.3. The van der Waals surface area contributed by atoms with Gasteiger partial charge in [0.05, 0.1) is 32.3 Å². The zero-order chi connectivity index (χ0) is 46.3. The fraction of sp³-hybridized carbons (Fsp3) is 0.842. The van der Waals surface area contributed by atoms with Crippen molar-refractivity contribution in [2.75, 3.05) is 138 Å². The summed E-state index contributed by atoms with van der Waals surface area (Å²) in [6, 6.07) is -0.232. The Labute approximate surface area is 401 Å². The summed E-state index contributed by atoms with van der Waals surface area (Å²) >= 11 is 0. The number of unbranched alkanes of at least 4 members (excludes halogenated alkanes) is 6. The van der Waals surface area contributed by atoms with Crippen molar-refractivity contribution in [1.82, 2.24) is 34.6 Å². The Hall–Kier alpha value is -2.34. The summed E-state index contributed by atoms with van der Waals surface area (Å²) in [5, 5.41) is 81.1. The molecule has 2 aliphatic heterocycles. The van der Waals surface area contributed by atoms with Gasteiger partial charge in [-0.15, -0.1) is 13.1 Å². The van der Waals surface area contributed by atoms with Gasteiger partial charge in [0, 0.05) is 111 Å². The zero-order valence-electron chi connectivity index (χ0n) is 36.4. The van der Waals surface area contributed by atoms with E-state index in [2.05, 4.69) is 5.32 Å². The number of carboxylic acid groups (broad SMARTS) is 6. The molecule has 2 rings (SSSR count). The second kappa shape index (κ2) is 36.8. The maximum Gasteiger partial charge on any atom is 0.320 e. The van der Waals surface area contributed by atoms with Gasteiger partial charge in [-0.25, -0.2) is 0 Å². The summed E-state index contributed by atoms with van der Waals surface area (Å²) < 4.78 is 0. The Bertz CT molecular complexity index is 1250. The van der Waals surface area contributed by atoms with Crippen molar-refractivity contribution >= 4 is 35.8 Å². The number of carbonyl (C=O) groups is 6. The first-order chi connectivity index (χ1) is 29.5. The van der Waals surface area contributed by atoms with Crippen molar-refractivity contribution < 1.29 is 119 Å². The Morgan fingerprint density at radius 1 is 0.492 bits per heavy atom. The van der Waals surface area contributed by atoms with E-state index in [4.69, 9.17) is 30.1 Å². The normalized spacial score (nSPS) is 19.3. The number of hydroxylamine groups is 4. The van der Waals surface area contributed by atoms with Crippen molar-refractivity contribution in [1.29, 1.82) is 0 Å². The summed E-state index contributed by atoms with van der Waals surface area (Å²) in [5.74, 6) is -6.19. The van der Waals surface area contributed by atoms with Crippen molar-refractivity contribution in [2.45, 2.75) is 70.4 Å². The fourth-order valence-electron chi connectivity index (χ4n) is 6.62. The number of hydrogen-bond acceptors (Lipinski definition) is 17. The molecular weight excluding hydrogens is 982 g/mol. The molecule has 0 aromatic heterocycles. The number of aliphatic hydroxyl groups excluding tert-OH is 2. The molecule has 0 saturated carbocycles. The third-order valence-electron chi connectivity index (χ3n) is 10.1. The molecule has 368 valence electrons. The topological polar surface area (TPSA) is 320 Å². The predicted molar refractivity (Wildman–Crippen MR) is 221 cm³/mol. The van der Waals surface area contributed by atoms with Gasteiger partial charge >= 0.3 is 35.8 Å². The summed E-state index contributed by atoms with van der Waals surface area (Å²) in [7, 11) is 0. The molecule has 63 heavy (non-hydrogen) atoms. The molecule has 0 aromatic rings. The van der Waals surface area contributed by atoms with E-state index in [1.807, 2.05) is 11.8 Å². The van der Waals surface area contributed by atoms with Crippen LogP contribution in [0.5, 0.6) is 0 Å². The Kier molecular flexibility index (Phi) is 35.5. The van der Waals surface area contributed by atoms with Gasteiger partial charge in [0.1, 0.15) is 26.6 Å². The van der Waals surface area contributed by atoms with E-state index in [1.54, 1.807) is 9.80 Å². The molecule has 2 atom stereocenters. The number of rotatable bonds is 23. The SMILES string of the molecule is CC(C(O)CCCCCCCCCO)N1CCN(CC(=O)O)CCN(CC(=O)O)CON(CC(=O)O)CC1.O=C(O)CN1CC[N-]CCN(CC(=O)O)OCN(CC(=O)O)CC1.[Gd]. The number of nitrogens with zero attached hydrogens (tertiary/aromatic N) is 8. The van der Waals surface area contributed by atoms with Crippen molar-refractivity contribution in [3.05, 3.63) is 5.32 Å². The van der Waals surface area contributed by atoms with Crippen LogP contribution in [0.3, 0.4) is 0 Å². The Balaban J connectivity index is 0.00000132. The van der Waals surface area contributed by atoms with Crippen LogP contribution in [0.15, 0.2) is 0 Å². The second-order valence-corrected chi connectivity index (χ2v) is 15.3. The van der Waals surface area contributed by atoms with E-state index in [9.17, 15) is 49.2 Å². The smallest absolute Gasteiger partial charge is 0.320 e. The van der Waals surface area contributed by atoms with Crippen LogP contribution in [0.25, 0.3) is 5.32 Å². The van der Waals surface area contributed by atoms with Crippen LogP contribution in [0.4, 0.5) is 0 Å². The van der Waals surface area contributed by atoms with Crippen LogP contribution in [0.2, 0.25) is 0 Å². The van der Waals surface area contributed by atoms with Crippen LogP contribution in [0, 0.1) is 39.9 Å². The van der Waals surface area contributed by atoms with Gasteiger partial charge < -0.3 is 46.2 Å². The molecular formula is C38H71GdN8O16-. The minimum absolute atomic E-state index is 0. The Morgan fingerprint density at radius 2 is 0.857 bits per heavy atom. The van der Waals surface area contributed by atoms with Gasteiger partial charge in [0.25, 0.3) is 0 Å². The minimum Gasteiger partial charge on any atom is -0.660 e. The molecule has 2 saturated heterocycles. The molecule has 0 radical (unpaired) electrons. The molecule has 2 aliphatic rings. The van der Waals surface area contributed by atoms with Crippen LogP contribution in [0.1, 0.15) is 58.3 Å². The third-order valence-corrected chi connectivity index (χ3v) is 10.1. The van der Waals surface area contributed by atoms with Crippen LogP contribution < -0.4 is 0 Å². The molecule has 0 spiro atoms. The van der Waals surface area contributed by atoms with E-state index < -0.39 is 41.9 Å². The monoisotopic (exact) mass is 1050 g/mol. The van der Waals surface area contributed by atoms with Crippen LogP contribution >= 0.6 is 0 Å². The molecule has 0 bridgehead atoms.